The molecule has 8 nitrogen and oxygen atoms in total. The molecule has 1 saturated carbocycles. The summed E-state index contributed by atoms with van der Waals surface area (Å²) in [7, 11) is 1.64. The molecule has 5 rings (SSSR count). The average Bonchev–Trinajstić information content (AvgIpc) is 3.54. The van der Waals surface area contributed by atoms with Crippen LogP contribution in [0, 0.1) is 5.41 Å². The second-order valence-corrected chi connectivity index (χ2v) is 9.20. The van der Waals surface area contributed by atoms with Gasteiger partial charge in [-0.2, -0.15) is 5.10 Å². The number of ether oxygens (including phenoxy) is 1. The fraction of sp³-hybridized carbons (Fsp3) is 0.500. The summed E-state index contributed by atoms with van der Waals surface area (Å²) < 4.78 is 7.27. The minimum absolute atomic E-state index is 0.0909. The number of H-pyrrole nitrogens is 1. The van der Waals surface area contributed by atoms with E-state index in [9.17, 15) is 4.79 Å². The first kappa shape index (κ1) is 20.9. The molecule has 2 aliphatic rings. The maximum atomic E-state index is 13.4. The third-order valence-corrected chi connectivity index (χ3v) is 7.22. The number of aliphatic hydroxyl groups excluding tert-OH is 1. The van der Waals surface area contributed by atoms with Gasteiger partial charge in [0.25, 0.3) is 5.91 Å². The van der Waals surface area contributed by atoms with E-state index in [2.05, 4.69) is 15.4 Å². The largest absolute Gasteiger partial charge is 0.496 e. The Morgan fingerprint density at radius 2 is 2.19 bits per heavy atom. The van der Waals surface area contributed by atoms with Crippen LogP contribution in [0.2, 0.25) is 0 Å². The number of hydrogen-bond donors (Lipinski definition) is 3. The molecule has 1 aliphatic carbocycles. The lowest BCUT2D eigenvalue weighted by Gasteiger charge is -2.37. The molecule has 1 amide bonds. The van der Waals surface area contributed by atoms with E-state index in [1.807, 2.05) is 41.7 Å². The zero-order valence-corrected chi connectivity index (χ0v) is 18.5. The molecule has 0 radical (unpaired) electrons. The number of fused-ring (bicyclic) bond motifs is 1. The van der Waals surface area contributed by atoms with E-state index in [0.29, 0.717) is 18.2 Å². The first-order valence-electron chi connectivity index (χ1n) is 11.4. The number of methoxy groups -OCH3 is 1. The predicted molar refractivity (Wildman–Crippen MR) is 123 cm³/mol. The van der Waals surface area contributed by atoms with Crippen molar-refractivity contribution in [3.8, 4) is 5.75 Å². The van der Waals surface area contributed by atoms with Crippen LogP contribution in [0.5, 0.6) is 5.75 Å². The highest BCUT2D eigenvalue weighted by Crippen LogP contribution is 2.45. The van der Waals surface area contributed by atoms with Crippen molar-refractivity contribution in [2.24, 2.45) is 5.41 Å². The summed E-state index contributed by atoms with van der Waals surface area (Å²) in [4.78, 5) is 18.6. The van der Waals surface area contributed by atoms with Crippen LogP contribution < -0.4 is 10.1 Å². The van der Waals surface area contributed by atoms with Gasteiger partial charge in [0.2, 0.25) is 0 Å². The number of aromatic nitrogens is 3. The van der Waals surface area contributed by atoms with Crippen LogP contribution in [0.15, 0.2) is 36.8 Å². The van der Waals surface area contributed by atoms with Gasteiger partial charge in [0.05, 0.1) is 43.1 Å². The van der Waals surface area contributed by atoms with Crippen molar-refractivity contribution in [2.45, 2.75) is 44.7 Å². The molecule has 1 aromatic carbocycles. The van der Waals surface area contributed by atoms with Gasteiger partial charge in [0.15, 0.2) is 0 Å². The van der Waals surface area contributed by atoms with E-state index in [4.69, 9.17) is 9.84 Å². The lowest BCUT2D eigenvalue weighted by atomic mass is 9.72. The minimum atomic E-state index is 0.0909. The lowest BCUT2D eigenvalue weighted by molar-refractivity contribution is 0.0759. The Balaban J connectivity index is 1.22. The average molecular weight is 438 g/mol. The van der Waals surface area contributed by atoms with E-state index < -0.39 is 0 Å². The van der Waals surface area contributed by atoms with Crippen molar-refractivity contribution in [3.05, 3.63) is 42.4 Å². The molecule has 8 heteroatoms. The standard InChI is InChI=1S/C24H31N5O3/c1-32-21-4-2-3-20-22(21)19(14-25-20)23(31)28-10-9-24(16-28)7-5-17(6-8-24)27-18-13-26-29(15-18)11-12-30/h2-4,13-15,17,25,27,30H,5-12,16H2,1H3/t17-,24+. The van der Waals surface area contributed by atoms with Gasteiger partial charge >= 0.3 is 0 Å². The molecular formula is C24H31N5O3. The Kier molecular flexibility index (Phi) is 5.55. The van der Waals surface area contributed by atoms with E-state index in [1.165, 1.54) is 0 Å². The number of carbonyl (C=O) groups excluding carboxylic acids is 1. The number of aliphatic hydroxyl groups is 1. The summed E-state index contributed by atoms with van der Waals surface area (Å²) >= 11 is 0. The molecular weight excluding hydrogens is 406 g/mol. The molecule has 0 unspecified atom stereocenters. The van der Waals surface area contributed by atoms with Crippen molar-refractivity contribution < 1.29 is 14.6 Å². The number of amides is 1. The smallest absolute Gasteiger partial charge is 0.256 e. The Bertz CT molecular complexity index is 1100. The van der Waals surface area contributed by atoms with E-state index in [1.54, 1.807) is 11.8 Å². The Labute approximate surface area is 187 Å². The third-order valence-electron chi connectivity index (χ3n) is 7.22. The van der Waals surface area contributed by atoms with Gasteiger partial charge in [-0.15, -0.1) is 0 Å². The highest BCUT2D eigenvalue weighted by molar-refractivity contribution is 6.09. The second kappa shape index (κ2) is 8.50. The van der Waals surface area contributed by atoms with Crippen LogP contribution in [0.4, 0.5) is 5.69 Å². The van der Waals surface area contributed by atoms with Crippen LogP contribution in [-0.4, -0.2) is 63.5 Å². The van der Waals surface area contributed by atoms with E-state index >= 15 is 0 Å². The first-order valence-corrected chi connectivity index (χ1v) is 11.4. The Morgan fingerprint density at radius 1 is 1.34 bits per heavy atom. The minimum Gasteiger partial charge on any atom is -0.496 e. The number of hydrogen-bond acceptors (Lipinski definition) is 5. The quantitative estimate of drug-likeness (QED) is 0.550. The van der Waals surface area contributed by atoms with Crippen LogP contribution in [-0.2, 0) is 6.54 Å². The maximum Gasteiger partial charge on any atom is 0.256 e. The van der Waals surface area contributed by atoms with Crippen LogP contribution in [0.25, 0.3) is 10.9 Å². The van der Waals surface area contributed by atoms with Gasteiger partial charge in [-0.05, 0) is 49.7 Å². The number of rotatable bonds is 6. The highest BCUT2D eigenvalue weighted by Gasteiger charge is 2.42. The molecule has 3 N–H and O–H groups in total. The van der Waals surface area contributed by atoms with Crippen LogP contribution in [0.1, 0.15) is 42.5 Å². The monoisotopic (exact) mass is 437 g/mol. The van der Waals surface area contributed by atoms with Crippen molar-refractivity contribution in [1.82, 2.24) is 19.7 Å². The fourth-order valence-corrected chi connectivity index (χ4v) is 5.45. The summed E-state index contributed by atoms with van der Waals surface area (Å²) in [5.41, 5.74) is 2.86. The Morgan fingerprint density at radius 3 is 2.97 bits per heavy atom. The van der Waals surface area contributed by atoms with Crippen molar-refractivity contribution in [2.75, 3.05) is 32.1 Å². The van der Waals surface area contributed by atoms with Gasteiger partial charge in [-0.3, -0.25) is 9.48 Å². The number of anilines is 1. The van der Waals surface area contributed by atoms with Crippen molar-refractivity contribution in [1.29, 1.82) is 0 Å². The van der Waals surface area contributed by atoms with Crippen molar-refractivity contribution >= 4 is 22.5 Å². The van der Waals surface area contributed by atoms with Crippen LogP contribution >= 0.6 is 0 Å². The third kappa shape index (κ3) is 3.83. The SMILES string of the molecule is COc1cccc2[nH]cc(C(=O)N3CC[C@]4(CC[C@H](Nc5cnn(CCO)c5)CC4)C3)c12. The molecule has 32 heavy (non-hydrogen) atoms. The second-order valence-electron chi connectivity index (χ2n) is 9.20. The number of benzene rings is 1. The summed E-state index contributed by atoms with van der Waals surface area (Å²) in [5, 5.41) is 17.8. The van der Waals surface area contributed by atoms with Gasteiger partial charge in [0, 0.05) is 37.0 Å². The Hall–Kier alpha value is -3.00. The van der Waals surface area contributed by atoms with E-state index in [0.717, 1.165) is 67.5 Å². The molecule has 170 valence electrons. The maximum absolute atomic E-state index is 13.4. The zero-order chi connectivity index (χ0) is 22.1. The molecule has 1 saturated heterocycles. The van der Waals surface area contributed by atoms with Gasteiger partial charge in [0.1, 0.15) is 5.75 Å². The summed E-state index contributed by atoms with van der Waals surface area (Å²) in [6.45, 7) is 2.25. The number of nitrogens with one attached hydrogen (secondary N) is 2. The number of likely N-dealkylation sites (tertiary alicyclic amines) is 1. The number of aromatic amines is 1. The number of nitrogens with zero attached hydrogens (tertiary/aromatic N) is 3. The molecule has 1 spiro atoms. The first-order chi connectivity index (χ1) is 15.6. The molecule has 3 heterocycles. The summed E-state index contributed by atoms with van der Waals surface area (Å²) in [5.74, 6) is 0.823. The topological polar surface area (TPSA) is 95.4 Å². The van der Waals surface area contributed by atoms with Gasteiger partial charge in [-0.1, -0.05) is 6.07 Å². The zero-order valence-electron chi connectivity index (χ0n) is 18.5. The summed E-state index contributed by atoms with van der Waals surface area (Å²) in [6, 6.07) is 6.23. The molecule has 3 aromatic rings. The predicted octanol–water partition coefficient (Wildman–Crippen LogP) is 3.25. The molecule has 0 atom stereocenters. The highest BCUT2D eigenvalue weighted by atomic mass is 16.5. The molecule has 1 aliphatic heterocycles. The fourth-order valence-electron chi connectivity index (χ4n) is 5.45. The van der Waals surface area contributed by atoms with E-state index in [-0.39, 0.29) is 17.9 Å². The molecule has 0 bridgehead atoms. The van der Waals surface area contributed by atoms with Gasteiger partial charge in [-0.25, -0.2) is 0 Å². The van der Waals surface area contributed by atoms with Crippen LogP contribution in [0.3, 0.4) is 0 Å². The summed E-state index contributed by atoms with van der Waals surface area (Å²) in [6.07, 6.45) is 11.1. The van der Waals surface area contributed by atoms with Gasteiger partial charge < -0.3 is 25.0 Å². The lowest BCUT2D eigenvalue weighted by Crippen LogP contribution is -2.37. The van der Waals surface area contributed by atoms with Crippen molar-refractivity contribution in [3.63, 3.8) is 0 Å². The number of carbonyl (C=O) groups is 1. The molecule has 2 aromatic heterocycles. The normalized spacial score (nSPS) is 23.2. The molecule has 2 fully saturated rings.